The minimum Gasteiger partial charge on any atom is -0.357 e. The Bertz CT molecular complexity index is 306. The molecule has 0 radical (unpaired) electrons. The SMILES string of the molecule is CC1COC(c2ccccc2Cl)N1.Cl. The van der Waals surface area contributed by atoms with E-state index in [1.165, 1.54) is 0 Å². The van der Waals surface area contributed by atoms with E-state index in [0.29, 0.717) is 6.04 Å². The molecule has 1 aromatic carbocycles. The normalized spacial score (nSPS) is 25.9. The fourth-order valence-corrected chi connectivity index (χ4v) is 1.70. The minimum absolute atomic E-state index is 0. The molecule has 4 heteroatoms. The molecule has 0 bridgehead atoms. The van der Waals surface area contributed by atoms with Gasteiger partial charge in [0, 0.05) is 16.6 Å². The molecule has 0 spiro atoms. The minimum atomic E-state index is -0.0382. The van der Waals surface area contributed by atoms with Gasteiger partial charge in [-0.2, -0.15) is 0 Å². The predicted molar refractivity (Wildman–Crippen MR) is 60.0 cm³/mol. The molecule has 2 unspecified atom stereocenters. The highest BCUT2D eigenvalue weighted by atomic mass is 35.5. The predicted octanol–water partition coefficient (Wildman–Crippen LogP) is 2.77. The van der Waals surface area contributed by atoms with Crippen molar-refractivity contribution in [2.45, 2.75) is 19.2 Å². The molecule has 1 fully saturated rings. The zero-order valence-corrected chi connectivity index (χ0v) is 9.44. The molecule has 1 aliphatic heterocycles. The number of benzene rings is 1. The van der Waals surface area contributed by atoms with Gasteiger partial charge in [0.05, 0.1) is 6.61 Å². The molecule has 0 amide bonds. The summed E-state index contributed by atoms with van der Waals surface area (Å²) in [5, 5.41) is 4.06. The summed E-state index contributed by atoms with van der Waals surface area (Å²) in [6.07, 6.45) is -0.0382. The van der Waals surface area contributed by atoms with E-state index in [-0.39, 0.29) is 18.6 Å². The second-order valence-corrected chi connectivity index (χ2v) is 3.71. The van der Waals surface area contributed by atoms with Crippen LogP contribution in [0.15, 0.2) is 24.3 Å². The Morgan fingerprint density at radius 3 is 2.71 bits per heavy atom. The van der Waals surface area contributed by atoms with E-state index in [4.69, 9.17) is 16.3 Å². The van der Waals surface area contributed by atoms with Crippen LogP contribution in [0.1, 0.15) is 18.7 Å². The van der Waals surface area contributed by atoms with Gasteiger partial charge in [0.15, 0.2) is 0 Å². The van der Waals surface area contributed by atoms with Gasteiger partial charge in [-0.15, -0.1) is 12.4 Å². The average molecular weight is 234 g/mol. The fourth-order valence-electron chi connectivity index (χ4n) is 1.46. The van der Waals surface area contributed by atoms with E-state index in [1.807, 2.05) is 24.3 Å². The summed E-state index contributed by atoms with van der Waals surface area (Å²) in [6, 6.07) is 8.16. The van der Waals surface area contributed by atoms with Gasteiger partial charge < -0.3 is 4.74 Å². The number of nitrogens with one attached hydrogen (secondary N) is 1. The van der Waals surface area contributed by atoms with Crippen LogP contribution in [-0.4, -0.2) is 12.6 Å². The molecular formula is C10H13Cl2NO. The largest absolute Gasteiger partial charge is 0.357 e. The van der Waals surface area contributed by atoms with Gasteiger partial charge in [0.25, 0.3) is 0 Å². The third kappa shape index (κ3) is 2.39. The first-order chi connectivity index (χ1) is 6.27. The number of ether oxygens (including phenoxy) is 1. The van der Waals surface area contributed by atoms with Crippen molar-refractivity contribution in [3.05, 3.63) is 34.9 Å². The van der Waals surface area contributed by atoms with Crippen LogP contribution in [0.3, 0.4) is 0 Å². The van der Waals surface area contributed by atoms with Gasteiger partial charge in [0.2, 0.25) is 0 Å². The van der Waals surface area contributed by atoms with E-state index >= 15 is 0 Å². The molecule has 14 heavy (non-hydrogen) atoms. The summed E-state index contributed by atoms with van der Waals surface area (Å²) >= 11 is 6.03. The Morgan fingerprint density at radius 1 is 1.43 bits per heavy atom. The lowest BCUT2D eigenvalue weighted by molar-refractivity contribution is 0.101. The molecule has 2 atom stereocenters. The van der Waals surface area contributed by atoms with Gasteiger partial charge in [-0.05, 0) is 13.0 Å². The Hall–Kier alpha value is -0.280. The van der Waals surface area contributed by atoms with Crippen molar-refractivity contribution in [3.8, 4) is 0 Å². The first kappa shape index (κ1) is 11.8. The molecule has 1 aliphatic rings. The highest BCUT2D eigenvalue weighted by Crippen LogP contribution is 2.26. The maximum Gasteiger partial charge on any atom is 0.136 e. The lowest BCUT2D eigenvalue weighted by Crippen LogP contribution is -2.22. The lowest BCUT2D eigenvalue weighted by atomic mass is 10.2. The fraction of sp³-hybridized carbons (Fsp3) is 0.400. The third-order valence-electron chi connectivity index (χ3n) is 2.14. The van der Waals surface area contributed by atoms with Crippen molar-refractivity contribution in [2.24, 2.45) is 0 Å². The molecule has 0 saturated carbocycles. The summed E-state index contributed by atoms with van der Waals surface area (Å²) in [7, 11) is 0. The van der Waals surface area contributed by atoms with Crippen LogP contribution >= 0.6 is 24.0 Å². The molecule has 1 N–H and O–H groups in total. The quantitative estimate of drug-likeness (QED) is 0.806. The van der Waals surface area contributed by atoms with Crippen LogP contribution in [0.2, 0.25) is 5.02 Å². The standard InChI is InChI=1S/C10H12ClNO.ClH/c1-7-6-13-10(12-7)8-4-2-3-5-9(8)11;/h2-5,7,10,12H,6H2,1H3;1H. The Labute approximate surface area is 95.0 Å². The summed E-state index contributed by atoms with van der Waals surface area (Å²) < 4.78 is 5.54. The smallest absolute Gasteiger partial charge is 0.136 e. The van der Waals surface area contributed by atoms with Gasteiger partial charge in [-0.3, -0.25) is 5.32 Å². The lowest BCUT2D eigenvalue weighted by Gasteiger charge is -2.12. The zero-order valence-electron chi connectivity index (χ0n) is 7.87. The molecular weight excluding hydrogens is 221 g/mol. The number of halogens is 2. The summed E-state index contributed by atoms with van der Waals surface area (Å²) in [5.74, 6) is 0. The number of hydrogen-bond donors (Lipinski definition) is 1. The summed E-state index contributed by atoms with van der Waals surface area (Å²) in [6.45, 7) is 2.84. The van der Waals surface area contributed by atoms with Crippen molar-refractivity contribution in [1.82, 2.24) is 5.32 Å². The average Bonchev–Trinajstić information content (AvgIpc) is 2.53. The van der Waals surface area contributed by atoms with Crippen LogP contribution in [0.25, 0.3) is 0 Å². The molecule has 0 aliphatic carbocycles. The highest BCUT2D eigenvalue weighted by molar-refractivity contribution is 6.31. The highest BCUT2D eigenvalue weighted by Gasteiger charge is 2.23. The molecule has 2 rings (SSSR count). The van der Waals surface area contributed by atoms with Gasteiger partial charge >= 0.3 is 0 Å². The van der Waals surface area contributed by atoms with Gasteiger partial charge in [0.1, 0.15) is 6.23 Å². The molecule has 1 aromatic rings. The Kier molecular flexibility index (Phi) is 4.20. The second-order valence-electron chi connectivity index (χ2n) is 3.30. The van der Waals surface area contributed by atoms with E-state index < -0.39 is 0 Å². The van der Waals surface area contributed by atoms with Crippen molar-refractivity contribution in [1.29, 1.82) is 0 Å². The van der Waals surface area contributed by atoms with Crippen LogP contribution < -0.4 is 5.32 Å². The maximum absolute atomic E-state index is 6.03. The van der Waals surface area contributed by atoms with E-state index in [1.54, 1.807) is 0 Å². The van der Waals surface area contributed by atoms with Crippen molar-refractivity contribution < 1.29 is 4.74 Å². The van der Waals surface area contributed by atoms with Crippen LogP contribution in [0.4, 0.5) is 0 Å². The monoisotopic (exact) mass is 233 g/mol. The van der Waals surface area contributed by atoms with Gasteiger partial charge in [-0.1, -0.05) is 29.8 Å². The third-order valence-corrected chi connectivity index (χ3v) is 2.48. The van der Waals surface area contributed by atoms with E-state index in [2.05, 4.69) is 12.2 Å². The zero-order chi connectivity index (χ0) is 9.26. The van der Waals surface area contributed by atoms with Crippen LogP contribution in [0, 0.1) is 0 Å². The van der Waals surface area contributed by atoms with Crippen molar-refractivity contribution in [2.75, 3.05) is 6.61 Å². The Balaban J connectivity index is 0.000000980. The number of rotatable bonds is 1. The second kappa shape index (κ2) is 4.99. The summed E-state index contributed by atoms with van der Waals surface area (Å²) in [5.41, 5.74) is 1.02. The van der Waals surface area contributed by atoms with Crippen molar-refractivity contribution in [3.63, 3.8) is 0 Å². The first-order valence-corrected chi connectivity index (χ1v) is 4.77. The molecule has 78 valence electrons. The van der Waals surface area contributed by atoms with E-state index in [9.17, 15) is 0 Å². The molecule has 2 nitrogen and oxygen atoms in total. The topological polar surface area (TPSA) is 21.3 Å². The van der Waals surface area contributed by atoms with Crippen LogP contribution in [0.5, 0.6) is 0 Å². The molecule has 0 aromatic heterocycles. The summed E-state index contributed by atoms with van der Waals surface area (Å²) in [4.78, 5) is 0. The molecule has 1 heterocycles. The molecule has 1 saturated heterocycles. The Morgan fingerprint density at radius 2 is 2.14 bits per heavy atom. The number of hydrogen-bond acceptors (Lipinski definition) is 2. The van der Waals surface area contributed by atoms with E-state index in [0.717, 1.165) is 17.2 Å². The maximum atomic E-state index is 6.03. The van der Waals surface area contributed by atoms with Crippen molar-refractivity contribution >= 4 is 24.0 Å². The van der Waals surface area contributed by atoms with Crippen LogP contribution in [-0.2, 0) is 4.74 Å². The van der Waals surface area contributed by atoms with Gasteiger partial charge in [-0.25, -0.2) is 0 Å². The first-order valence-electron chi connectivity index (χ1n) is 4.39.